The molecule has 6 heteroatoms. The van der Waals surface area contributed by atoms with Gasteiger partial charge in [0, 0.05) is 49.1 Å². The quantitative estimate of drug-likeness (QED) is 0.156. The van der Waals surface area contributed by atoms with Gasteiger partial charge in [-0.15, -0.1) is 54.1 Å². The molecule has 0 saturated heterocycles. The molecule has 0 aliphatic heterocycles. The topological polar surface area (TPSA) is 56.7 Å². The first-order valence-electron chi connectivity index (χ1n) is 17.7. The van der Waals surface area contributed by atoms with Gasteiger partial charge in [0.25, 0.3) is 0 Å². The number of pyridine rings is 2. The summed E-state index contributed by atoms with van der Waals surface area (Å²) in [5.74, 6) is 1.83. The molecule has 4 heterocycles. The molecule has 0 spiro atoms. The largest absolute Gasteiger partial charge is 0.498 e. The molecule has 0 aliphatic rings. The first-order chi connectivity index (χ1) is 25.5. The van der Waals surface area contributed by atoms with Crippen molar-refractivity contribution >= 4 is 33.0 Å². The smallest absolute Gasteiger partial charge is 0.148 e. The van der Waals surface area contributed by atoms with Gasteiger partial charge in [0.1, 0.15) is 16.9 Å². The Morgan fingerprint density at radius 1 is 0.604 bits per heavy atom. The van der Waals surface area contributed by atoms with Crippen LogP contribution in [0.25, 0.3) is 72.6 Å². The SMILES string of the molecule is CC(C)c1ccnc(-c2[c-]ccc3c2oc2c3ccc3c2nc(-c2ccccc2)n3-c2ccccc2)c1.CC(C)c1ccnc(-c2[c-]cccc2)c1.[Ir]. The maximum Gasteiger partial charge on any atom is 0.148 e. The Morgan fingerprint density at radius 3 is 1.92 bits per heavy atom. The number of hydrogen-bond donors (Lipinski definition) is 0. The fraction of sp³-hybridized carbons (Fsp3) is 0.128. The van der Waals surface area contributed by atoms with Crippen LogP contribution in [-0.4, -0.2) is 19.5 Å². The summed E-state index contributed by atoms with van der Waals surface area (Å²) in [6.07, 6.45) is 3.73. The molecule has 0 unspecified atom stereocenters. The zero-order valence-corrected chi connectivity index (χ0v) is 32.4. The summed E-state index contributed by atoms with van der Waals surface area (Å²) in [5, 5.41) is 2.08. The van der Waals surface area contributed by atoms with Crippen LogP contribution in [0.5, 0.6) is 0 Å². The molecule has 5 nitrogen and oxygen atoms in total. The van der Waals surface area contributed by atoms with Gasteiger partial charge in [-0.1, -0.05) is 110 Å². The Kier molecular flexibility index (Phi) is 10.4. The van der Waals surface area contributed by atoms with Crippen LogP contribution >= 0.6 is 0 Å². The van der Waals surface area contributed by atoms with Crippen molar-refractivity contribution in [3.8, 4) is 39.6 Å². The van der Waals surface area contributed by atoms with Gasteiger partial charge in [-0.25, -0.2) is 4.98 Å². The third kappa shape index (κ3) is 7.09. The van der Waals surface area contributed by atoms with Crippen molar-refractivity contribution in [2.75, 3.05) is 0 Å². The maximum absolute atomic E-state index is 6.64. The molecule has 1 radical (unpaired) electrons. The Hall–Kier alpha value is -5.68. The molecule has 4 aromatic heterocycles. The van der Waals surface area contributed by atoms with Crippen molar-refractivity contribution in [1.82, 2.24) is 19.5 Å². The summed E-state index contributed by atoms with van der Waals surface area (Å²) in [6, 6.07) is 51.9. The minimum atomic E-state index is 0. The van der Waals surface area contributed by atoms with Gasteiger partial charge in [0.05, 0.1) is 11.1 Å². The van der Waals surface area contributed by atoms with Crippen molar-refractivity contribution in [3.63, 3.8) is 0 Å². The summed E-state index contributed by atoms with van der Waals surface area (Å²) >= 11 is 0. The van der Waals surface area contributed by atoms with Gasteiger partial charge in [0.2, 0.25) is 0 Å². The molecule has 0 saturated carbocycles. The molecule has 5 aromatic carbocycles. The van der Waals surface area contributed by atoms with Crippen LogP contribution in [0.4, 0.5) is 0 Å². The zero-order chi connectivity index (χ0) is 35.6. The summed E-state index contributed by atoms with van der Waals surface area (Å²) in [7, 11) is 0. The first kappa shape index (κ1) is 35.7. The molecule has 0 amide bonds. The van der Waals surface area contributed by atoms with Crippen molar-refractivity contribution in [3.05, 3.63) is 169 Å². The monoisotopic (exact) mass is 867 g/mol. The van der Waals surface area contributed by atoms with E-state index in [4.69, 9.17) is 9.40 Å². The zero-order valence-electron chi connectivity index (χ0n) is 30.0. The predicted molar refractivity (Wildman–Crippen MR) is 213 cm³/mol. The third-order valence-electron chi connectivity index (χ3n) is 9.41. The van der Waals surface area contributed by atoms with E-state index < -0.39 is 0 Å². The fourth-order valence-electron chi connectivity index (χ4n) is 6.60. The molecular weight excluding hydrogens is 829 g/mol. The Morgan fingerprint density at radius 2 is 1.25 bits per heavy atom. The molecule has 0 bridgehead atoms. The molecule has 0 fully saturated rings. The van der Waals surface area contributed by atoms with E-state index in [0.717, 1.165) is 72.6 Å². The minimum absolute atomic E-state index is 0. The number of rotatable bonds is 6. The minimum Gasteiger partial charge on any atom is -0.498 e. The van der Waals surface area contributed by atoms with Crippen LogP contribution < -0.4 is 0 Å². The number of para-hydroxylation sites is 1. The van der Waals surface area contributed by atoms with Gasteiger partial charge in [-0.2, -0.15) is 0 Å². The molecule has 0 N–H and O–H groups in total. The number of aromatic nitrogens is 4. The van der Waals surface area contributed by atoms with Crippen LogP contribution in [0.15, 0.2) is 150 Å². The van der Waals surface area contributed by atoms with E-state index >= 15 is 0 Å². The Balaban J connectivity index is 0.000000229. The van der Waals surface area contributed by atoms with E-state index in [2.05, 4.69) is 133 Å². The maximum atomic E-state index is 6.64. The molecular formula is C47H38IrN4O-2. The van der Waals surface area contributed by atoms with E-state index in [1.807, 2.05) is 67.0 Å². The van der Waals surface area contributed by atoms with E-state index in [9.17, 15) is 0 Å². The molecule has 0 atom stereocenters. The standard InChI is InChI=1S/C33H24N3O.C14H14N.Ir/c1-21(2)23-18-19-34-28(20-23)27-15-9-14-25-26-16-17-29-30(32(26)37-31(25)27)35-33(22-10-5-3-6-11-22)36(29)24-12-7-4-8-13-24;1-11(2)13-8-9-15-14(10-13)12-6-4-3-5-7-12;/h3-14,16-21H,1-2H3;3-6,8-11H,1-2H3;/q2*-1;. The second-order valence-electron chi connectivity index (χ2n) is 13.5. The summed E-state index contributed by atoms with van der Waals surface area (Å²) in [4.78, 5) is 14.2. The van der Waals surface area contributed by atoms with E-state index in [-0.39, 0.29) is 20.1 Å². The van der Waals surface area contributed by atoms with Gasteiger partial charge >= 0.3 is 0 Å². The molecule has 263 valence electrons. The molecule has 9 rings (SSSR count). The second kappa shape index (κ2) is 15.5. The summed E-state index contributed by atoms with van der Waals surface area (Å²) in [6.45, 7) is 8.76. The fourth-order valence-corrected chi connectivity index (χ4v) is 6.60. The van der Waals surface area contributed by atoms with Crippen LogP contribution in [0.3, 0.4) is 0 Å². The van der Waals surface area contributed by atoms with Crippen molar-refractivity contribution in [2.45, 2.75) is 39.5 Å². The molecule has 53 heavy (non-hydrogen) atoms. The van der Waals surface area contributed by atoms with Crippen molar-refractivity contribution in [1.29, 1.82) is 0 Å². The molecule has 9 aromatic rings. The number of nitrogens with zero attached hydrogens (tertiary/aromatic N) is 4. The first-order valence-corrected chi connectivity index (χ1v) is 17.7. The Labute approximate surface area is 323 Å². The van der Waals surface area contributed by atoms with Crippen LogP contribution in [0.2, 0.25) is 0 Å². The van der Waals surface area contributed by atoms with E-state index in [1.54, 1.807) is 0 Å². The van der Waals surface area contributed by atoms with Crippen molar-refractivity contribution in [2.24, 2.45) is 0 Å². The van der Waals surface area contributed by atoms with E-state index in [1.165, 1.54) is 11.1 Å². The van der Waals surface area contributed by atoms with E-state index in [0.29, 0.717) is 11.8 Å². The number of hydrogen-bond acceptors (Lipinski definition) is 4. The van der Waals surface area contributed by atoms with Gasteiger partial charge < -0.3 is 14.4 Å². The van der Waals surface area contributed by atoms with Crippen LogP contribution in [0.1, 0.15) is 50.7 Å². The average Bonchev–Trinajstić information content (AvgIpc) is 3.79. The number of fused-ring (bicyclic) bond motifs is 5. The third-order valence-corrected chi connectivity index (χ3v) is 9.41. The second-order valence-corrected chi connectivity index (χ2v) is 13.5. The van der Waals surface area contributed by atoms with Crippen LogP contribution in [0, 0.1) is 12.1 Å². The summed E-state index contributed by atoms with van der Waals surface area (Å²) in [5.41, 5.74) is 11.9. The number of furan rings is 1. The summed E-state index contributed by atoms with van der Waals surface area (Å²) < 4.78 is 8.85. The van der Waals surface area contributed by atoms with Gasteiger partial charge in [-0.05, 0) is 59.6 Å². The average molecular weight is 867 g/mol. The van der Waals surface area contributed by atoms with Gasteiger partial charge in [-0.3, -0.25) is 4.57 Å². The van der Waals surface area contributed by atoms with Gasteiger partial charge in [0.15, 0.2) is 0 Å². The number of imidazole rings is 1. The normalized spacial score (nSPS) is 11.2. The Bertz CT molecular complexity index is 2630. The molecule has 0 aliphatic carbocycles. The number of benzene rings is 5. The predicted octanol–water partition coefficient (Wildman–Crippen LogP) is 12.2. The van der Waals surface area contributed by atoms with Crippen molar-refractivity contribution < 1.29 is 24.5 Å². The van der Waals surface area contributed by atoms with Crippen LogP contribution in [-0.2, 0) is 20.1 Å².